The molecule has 160 valence electrons. The minimum absolute atomic E-state index is 0.0136. The summed E-state index contributed by atoms with van der Waals surface area (Å²) in [6.45, 7) is 0.576. The number of nitrogen functional groups attached to an aromatic ring is 1. The maximum absolute atomic E-state index is 12.1. The summed E-state index contributed by atoms with van der Waals surface area (Å²) in [5, 5.41) is 11.6. The molecule has 7 nitrogen and oxygen atoms in total. The SMILES string of the molecule is Nc1cc(C#CCCNC(=O)OCC2c3ccccc3-c3ccccc32)cnc1C(=O)O. The van der Waals surface area contributed by atoms with E-state index in [9.17, 15) is 9.59 Å². The fourth-order valence-electron chi connectivity index (χ4n) is 3.77. The van der Waals surface area contributed by atoms with Crippen molar-refractivity contribution >= 4 is 17.7 Å². The number of fused-ring (bicyclic) bond motifs is 3. The van der Waals surface area contributed by atoms with Crippen LogP contribution in [0.5, 0.6) is 0 Å². The molecule has 0 fully saturated rings. The lowest BCUT2D eigenvalue weighted by atomic mass is 9.98. The van der Waals surface area contributed by atoms with Crippen LogP contribution >= 0.6 is 0 Å². The Morgan fingerprint density at radius 3 is 2.38 bits per heavy atom. The van der Waals surface area contributed by atoms with E-state index in [1.807, 2.05) is 24.3 Å². The number of carbonyl (C=O) groups is 2. The fraction of sp³-hybridized carbons (Fsp3) is 0.160. The van der Waals surface area contributed by atoms with Crippen molar-refractivity contribution in [2.45, 2.75) is 12.3 Å². The number of hydrogen-bond acceptors (Lipinski definition) is 5. The van der Waals surface area contributed by atoms with Crippen molar-refractivity contribution in [1.82, 2.24) is 10.3 Å². The Kier molecular flexibility index (Phi) is 6.04. The van der Waals surface area contributed by atoms with Gasteiger partial charge < -0.3 is 20.9 Å². The zero-order valence-corrected chi connectivity index (χ0v) is 17.2. The first-order chi connectivity index (χ1) is 15.5. The van der Waals surface area contributed by atoms with Gasteiger partial charge in [0.1, 0.15) is 6.61 Å². The lowest BCUT2D eigenvalue weighted by Gasteiger charge is -2.14. The summed E-state index contributed by atoms with van der Waals surface area (Å²) in [5.41, 5.74) is 10.7. The van der Waals surface area contributed by atoms with Gasteiger partial charge in [0.2, 0.25) is 0 Å². The largest absolute Gasteiger partial charge is 0.476 e. The van der Waals surface area contributed by atoms with Gasteiger partial charge >= 0.3 is 12.1 Å². The number of aromatic nitrogens is 1. The van der Waals surface area contributed by atoms with Crippen LogP contribution < -0.4 is 11.1 Å². The lowest BCUT2D eigenvalue weighted by Crippen LogP contribution is -2.26. The van der Waals surface area contributed by atoms with Crippen LogP contribution in [0.3, 0.4) is 0 Å². The van der Waals surface area contributed by atoms with Crippen LogP contribution in [0.25, 0.3) is 11.1 Å². The minimum Gasteiger partial charge on any atom is -0.476 e. The maximum atomic E-state index is 12.1. The first-order valence-corrected chi connectivity index (χ1v) is 10.1. The van der Waals surface area contributed by atoms with E-state index in [0.717, 1.165) is 11.1 Å². The number of nitrogens with one attached hydrogen (secondary N) is 1. The number of benzene rings is 2. The number of ether oxygens (including phenoxy) is 1. The molecule has 32 heavy (non-hydrogen) atoms. The molecule has 3 aromatic rings. The number of carboxylic acid groups (broad SMARTS) is 1. The number of carboxylic acids is 1. The van der Waals surface area contributed by atoms with E-state index in [-0.39, 0.29) is 23.9 Å². The maximum Gasteiger partial charge on any atom is 0.407 e. The van der Waals surface area contributed by atoms with Gasteiger partial charge in [0, 0.05) is 30.6 Å². The molecule has 1 heterocycles. The molecule has 4 N–H and O–H groups in total. The highest BCUT2D eigenvalue weighted by Gasteiger charge is 2.28. The van der Waals surface area contributed by atoms with E-state index in [1.54, 1.807) is 0 Å². The second-order valence-electron chi connectivity index (χ2n) is 7.27. The van der Waals surface area contributed by atoms with Gasteiger partial charge in [-0.1, -0.05) is 60.4 Å². The van der Waals surface area contributed by atoms with E-state index in [2.05, 4.69) is 46.4 Å². The first kappa shape index (κ1) is 20.9. The van der Waals surface area contributed by atoms with Gasteiger partial charge in [-0.3, -0.25) is 0 Å². The summed E-state index contributed by atoms with van der Waals surface area (Å²) in [6.07, 6.45) is 1.25. The van der Waals surface area contributed by atoms with Crippen molar-refractivity contribution in [1.29, 1.82) is 0 Å². The number of hydrogen-bond donors (Lipinski definition) is 3. The van der Waals surface area contributed by atoms with Crippen molar-refractivity contribution in [2.75, 3.05) is 18.9 Å². The van der Waals surface area contributed by atoms with Crippen LogP contribution in [0.2, 0.25) is 0 Å². The molecule has 0 saturated carbocycles. The standard InChI is InChI=1S/C25H21N3O4/c26-22-13-16(14-28-23(22)24(29)30)7-5-6-12-27-25(31)32-15-21-19-10-3-1-8-17(19)18-9-2-4-11-20(18)21/h1-4,8-11,13-14,21H,6,12,15,26H2,(H,27,31)(H,29,30). The fourth-order valence-corrected chi connectivity index (χ4v) is 3.77. The molecule has 0 unspecified atom stereocenters. The van der Waals surface area contributed by atoms with Gasteiger partial charge in [-0.05, 0) is 28.3 Å². The topological polar surface area (TPSA) is 115 Å². The highest BCUT2D eigenvalue weighted by Crippen LogP contribution is 2.44. The molecular formula is C25H21N3O4. The molecule has 1 aliphatic carbocycles. The molecule has 7 heteroatoms. The number of carbonyl (C=O) groups excluding carboxylic acids is 1. The van der Waals surface area contributed by atoms with Crippen molar-refractivity contribution in [3.05, 3.63) is 83.2 Å². The number of rotatable bonds is 5. The molecule has 2 aromatic carbocycles. The second kappa shape index (κ2) is 9.23. The number of amides is 1. The molecule has 1 aliphatic rings. The van der Waals surface area contributed by atoms with Crippen molar-refractivity contribution in [2.24, 2.45) is 0 Å². The summed E-state index contributed by atoms with van der Waals surface area (Å²) in [7, 11) is 0. The van der Waals surface area contributed by atoms with E-state index >= 15 is 0 Å². The molecule has 0 atom stereocenters. The van der Waals surface area contributed by atoms with E-state index < -0.39 is 12.1 Å². The molecule has 0 aliphatic heterocycles. The number of aromatic carboxylic acids is 1. The highest BCUT2D eigenvalue weighted by molar-refractivity contribution is 5.91. The molecule has 0 bridgehead atoms. The van der Waals surface area contributed by atoms with Crippen LogP contribution in [-0.4, -0.2) is 35.3 Å². The van der Waals surface area contributed by atoms with Crippen LogP contribution in [0.4, 0.5) is 10.5 Å². The molecule has 4 rings (SSSR count). The molecule has 1 amide bonds. The van der Waals surface area contributed by atoms with Crippen molar-refractivity contribution in [3.8, 4) is 23.0 Å². The lowest BCUT2D eigenvalue weighted by molar-refractivity contribution is 0.0691. The van der Waals surface area contributed by atoms with Crippen molar-refractivity contribution < 1.29 is 19.4 Å². The predicted octanol–water partition coefficient (Wildman–Crippen LogP) is 3.64. The minimum atomic E-state index is -1.19. The van der Waals surface area contributed by atoms with Gasteiger partial charge in [-0.25, -0.2) is 14.6 Å². The molecular weight excluding hydrogens is 406 g/mol. The Morgan fingerprint density at radius 2 is 1.75 bits per heavy atom. The van der Waals surface area contributed by atoms with Crippen LogP contribution in [0.1, 0.15) is 39.5 Å². The number of anilines is 1. The zero-order chi connectivity index (χ0) is 22.5. The number of alkyl carbamates (subject to hydrolysis) is 1. The molecule has 1 aromatic heterocycles. The third-order valence-corrected chi connectivity index (χ3v) is 5.22. The average molecular weight is 427 g/mol. The summed E-state index contributed by atoms with van der Waals surface area (Å²) in [5.74, 6) is 4.57. The summed E-state index contributed by atoms with van der Waals surface area (Å²) < 4.78 is 5.48. The van der Waals surface area contributed by atoms with Crippen molar-refractivity contribution in [3.63, 3.8) is 0 Å². The highest BCUT2D eigenvalue weighted by atomic mass is 16.5. The quantitative estimate of drug-likeness (QED) is 0.423. The van der Waals surface area contributed by atoms with Gasteiger partial charge in [-0.15, -0.1) is 0 Å². The van der Waals surface area contributed by atoms with E-state index in [1.165, 1.54) is 23.4 Å². The van der Waals surface area contributed by atoms with Gasteiger partial charge in [0.15, 0.2) is 5.69 Å². The number of nitrogens with zero attached hydrogens (tertiary/aromatic N) is 1. The Morgan fingerprint density at radius 1 is 1.09 bits per heavy atom. The second-order valence-corrected chi connectivity index (χ2v) is 7.27. The normalized spacial score (nSPS) is 11.6. The monoisotopic (exact) mass is 427 g/mol. The van der Waals surface area contributed by atoms with Gasteiger partial charge in [0.25, 0.3) is 0 Å². The summed E-state index contributed by atoms with van der Waals surface area (Å²) in [4.78, 5) is 26.8. The van der Waals surface area contributed by atoms with E-state index in [0.29, 0.717) is 18.5 Å². The smallest absolute Gasteiger partial charge is 0.407 e. The van der Waals surface area contributed by atoms with Gasteiger partial charge in [-0.2, -0.15) is 0 Å². The Labute approximate surface area is 185 Å². The third-order valence-electron chi connectivity index (χ3n) is 5.22. The Hall–Kier alpha value is -4.31. The summed E-state index contributed by atoms with van der Waals surface area (Å²) in [6, 6.07) is 17.8. The van der Waals surface area contributed by atoms with Crippen LogP contribution in [-0.2, 0) is 4.74 Å². The van der Waals surface area contributed by atoms with Crippen LogP contribution in [0.15, 0.2) is 60.8 Å². The third kappa shape index (κ3) is 4.40. The Balaban J connectivity index is 1.28. The molecule has 0 spiro atoms. The molecule has 0 saturated heterocycles. The first-order valence-electron chi connectivity index (χ1n) is 10.1. The average Bonchev–Trinajstić information content (AvgIpc) is 3.11. The zero-order valence-electron chi connectivity index (χ0n) is 17.2. The number of pyridine rings is 1. The van der Waals surface area contributed by atoms with Gasteiger partial charge in [0.05, 0.1) is 5.69 Å². The predicted molar refractivity (Wildman–Crippen MR) is 120 cm³/mol. The summed E-state index contributed by atoms with van der Waals surface area (Å²) >= 11 is 0. The number of nitrogens with two attached hydrogens (primary N) is 1. The molecule has 0 radical (unpaired) electrons. The van der Waals surface area contributed by atoms with E-state index in [4.69, 9.17) is 15.6 Å². The van der Waals surface area contributed by atoms with Crippen LogP contribution in [0, 0.1) is 11.8 Å². The Bertz CT molecular complexity index is 1200.